The molecule has 110 valence electrons. The summed E-state index contributed by atoms with van der Waals surface area (Å²) >= 11 is 0. The van der Waals surface area contributed by atoms with E-state index in [1.165, 1.54) is 5.57 Å². The van der Waals surface area contributed by atoms with E-state index in [-0.39, 0.29) is 12.0 Å². The first kappa shape index (κ1) is 16.2. The Morgan fingerprint density at radius 2 is 2.21 bits per heavy atom. The van der Waals surface area contributed by atoms with E-state index >= 15 is 0 Å². The minimum absolute atomic E-state index is 0.0879. The van der Waals surface area contributed by atoms with E-state index in [0.29, 0.717) is 24.4 Å². The fraction of sp³-hybridized carbons (Fsp3) is 0.812. The van der Waals surface area contributed by atoms with E-state index in [2.05, 4.69) is 39.1 Å². The highest BCUT2D eigenvalue weighted by atomic mass is 16.5. The molecule has 0 aromatic carbocycles. The van der Waals surface area contributed by atoms with Crippen molar-refractivity contribution in [2.75, 3.05) is 13.2 Å². The third-order valence-electron chi connectivity index (χ3n) is 3.59. The van der Waals surface area contributed by atoms with E-state index in [4.69, 9.17) is 4.74 Å². The number of carbonyl (C=O) groups is 1. The topological polar surface area (TPSA) is 38.3 Å². The summed E-state index contributed by atoms with van der Waals surface area (Å²) in [6.07, 6.45) is 4.38. The number of nitrogens with one attached hydrogen (secondary N) is 1. The standard InChI is InChI=1S/C16H29NO2/c1-6-19-16(18)15(17-10-11(2)3)14-8-12(4)7-13(5)9-14/h7,11-12,14-15,17H,6,8-10H2,1-5H3. The quantitative estimate of drug-likeness (QED) is 0.593. The van der Waals surface area contributed by atoms with Crippen LogP contribution in [0.5, 0.6) is 0 Å². The predicted octanol–water partition coefficient (Wildman–Crippen LogP) is 3.16. The molecule has 0 heterocycles. The summed E-state index contributed by atoms with van der Waals surface area (Å²) in [6, 6.07) is -0.159. The van der Waals surface area contributed by atoms with E-state index in [9.17, 15) is 4.79 Å². The first-order valence-electron chi connectivity index (χ1n) is 7.51. The van der Waals surface area contributed by atoms with Crippen molar-refractivity contribution >= 4 is 5.97 Å². The van der Waals surface area contributed by atoms with E-state index in [1.54, 1.807) is 0 Å². The van der Waals surface area contributed by atoms with Crippen LogP contribution in [0.3, 0.4) is 0 Å². The second kappa shape index (κ2) is 7.68. The number of esters is 1. The third-order valence-corrected chi connectivity index (χ3v) is 3.59. The molecule has 3 unspecified atom stereocenters. The Morgan fingerprint density at radius 1 is 1.53 bits per heavy atom. The molecule has 0 fully saturated rings. The van der Waals surface area contributed by atoms with Crippen LogP contribution >= 0.6 is 0 Å². The summed E-state index contributed by atoms with van der Waals surface area (Å²) in [5, 5.41) is 3.41. The summed E-state index contributed by atoms with van der Waals surface area (Å²) in [4.78, 5) is 12.2. The molecule has 19 heavy (non-hydrogen) atoms. The van der Waals surface area contributed by atoms with Crippen molar-refractivity contribution in [2.45, 2.75) is 53.5 Å². The van der Waals surface area contributed by atoms with Crippen molar-refractivity contribution in [1.29, 1.82) is 0 Å². The molecule has 3 atom stereocenters. The van der Waals surface area contributed by atoms with Crippen LogP contribution in [-0.2, 0) is 9.53 Å². The summed E-state index contributed by atoms with van der Waals surface area (Å²) < 4.78 is 5.24. The van der Waals surface area contributed by atoms with Gasteiger partial charge in [-0.1, -0.05) is 32.4 Å². The summed E-state index contributed by atoms with van der Waals surface area (Å²) in [7, 11) is 0. The molecule has 1 rings (SSSR count). The lowest BCUT2D eigenvalue weighted by molar-refractivity contribution is -0.147. The van der Waals surface area contributed by atoms with E-state index in [1.807, 2.05) is 6.92 Å². The van der Waals surface area contributed by atoms with Gasteiger partial charge < -0.3 is 10.1 Å². The van der Waals surface area contributed by atoms with Crippen LogP contribution in [0, 0.1) is 17.8 Å². The number of hydrogen-bond donors (Lipinski definition) is 1. The van der Waals surface area contributed by atoms with Crippen LogP contribution in [-0.4, -0.2) is 25.2 Å². The molecule has 0 saturated carbocycles. The van der Waals surface area contributed by atoms with Crippen molar-refractivity contribution in [2.24, 2.45) is 17.8 Å². The molecule has 3 heteroatoms. The minimum atomic E-state index is -0.159. The molecule has 0 amide bonds. The highest BCUT2D eigenvalue weighted by Crippen LogP contribution is 2.30. The van der Waals surface area contributed by atoms with Crippen molar-refractivity contribution < 1.29 is 9.53 Å². The SMILES string of the molecule is CCOC(=O)C(NCC(C)C)C1CC(C)=CC(C)C1. The Kier molecular flexibility index (Phi) is 6.56. The van der Waals surface area contributed by atoms with Crippen LogP contribution in [0.25, 0.3) is 0 Å². The van der Waals surface area contributed by atoms with Gasteiger partial charge in [0.05, 0.1) is 6.61 Å². The van der Waals surface area contributed by atoms with Crippen LogP contribution in [0.15, 0.2) is 11.6 Å². The van der Waals surface area contributed by atoms with E-state index < -0.39 is 0 Å². The Bertz CT molecular complexity index is 323. The largest absolute Gasteiger partial charge is 0.465 e. The van der Waals surface area contributed by atoms with Gasteiger partial charge in [-0.2, -0.15) is 0 Å². The maximum absolute atomic E-state index is 12.2. The maximum atomic E-state index is 12.2. The number of hydrogen-bond acceptors (Lipinski definition) is 3. The molecule has 0 bridgehead atoms. The number of allylic oxidation sites excluding steroid dienone is 2. The van der Waals surface area contributed by atoms with Crippen molar-refractivity contribution in [3.63, 3.8) is 0 Å². The molecular formula is C16H29NO2. The Labute approximate surface area is 117 Å². The van der Waals surface area contributed by atoms with Crippen molar-refractivity contribution in [3.8, 4) is 0 Å². The molecule has 0 aliphatic heterocycles. The van der Waals surface area contributed by atoms with Crippen molar-refractivity contribution in [1.82, 2.24) is 5.32 Å². The number of ether oxygens (including phenoxy) is 1. The number of rotatable bonds is 6. The molecule has 1 N–H and O–H groups in total. The Hall–Kier alpha value is -0.830. The van der Waals surface area contributed by atoms with Crippen LogP contribution in [0.1, 0.15) is 47.5 Å². The third kappa shape index (κ3) is 5.35. The highest BCUT2D eigenvalue weighted by molar-refractivity contribution is 5.76. The Morgan fingerprint density at radius 3 is 2.74 bits per heavy atom. The summed E-state index contributed by atoms with van der Waals surface area (Å²) in [6.45, 7) is 11.9. The predicted molar refractivity (Wildman–Crippen MR) is 78.9 cm³/mol. The van der Waals surface area contributed by atoms with Gasteiger partial charge in [0, 0.05) is 0 Å². The summed E-state index contributed by atoms with van der Waals surface area (Å²) in [5.74, 6) is 1.36. The molecule has 0 saturated heterocycles. The van der Waals surface area contributed by atoms with Gasteiger partial charge in [-0.25, -0.2) is 0 Å². The lowest BCUT2D eigenvalue weighted by Crippen LogP contribution is -2.46. The normalized spacial score (nSPS) is 25.1. The van der Waals surface area contributed by atoms with Gasteiger partial charge >= 0.3 is 5.97 Å². The van der Waals surface area contributed by atoms with Crippen LogP contribution in [0.4, 0.5) is 0 Å². The van der Waals surface area contributed by atoms with Gasteiger partial charge in [-0.05, 0) is 51.0 Å². The Balaban J connectivity index is 2.72. The molecule has 0 aromatic rings. The zero-order valence-electron chi connectivity index (χ0n) is 13.0. The van der Waals surface area contributed by atoms with Crippen LogP contribution in [0.2, 0.25) is 0 Å². The fourth-order valence-electron chi connectivity index (χ4n) is 2.89. The molecule has 0 aromatic heterocycles. The molecule has 0 spiro atoms. The first-order valence-corrected chi connectivity index (χ1v) is 7.51. The number of carbonyl (C=O) groups excluding carboxylic acids is 1. The molecular weight excluding hydrogens is 238 g/mol. The molecule has 1 aliphatic carbocycles. The lowest BCUT2D eigenvalue weighted by atomic mass is 9.79. The molecule has 1 aliphatic rings. The van der Waals surface area contributed by atoms with Crippen LogP contribution < -0.4 is 5.32 Å². The zero-order chi connectivity index (χ0) is 14.4. The lowest BCUT2D eigenvalue weighted by Gasteiger charge is -2.32. The average molecular weight is 267 g/mol. The molecule has 0 radical (unpaired) electrons. The monoisotopic (exact) mass is 267 g/mol. The van der Waals surface area contributed by atoms with Gasteiger partial charge in [-0.3, -0.25) is 4.79 Å². The van der Waals surface area contributed by atoms with Gasteiger partial charge in [0.2, 0.25) is 0 Å². The summed E-state index contributed by atoms with van der Waals surface area (Å²) in [5.41, 5.74) is 1.39. The highest BCUT2D eigenvalue weighted by Gasteiger charge is 2.32. The average Bonchev–Trinajstić information content (AvgIpc) is 2.27. The van der Waals surface area contributed by atoms with Gasteiger partial charge in [0.15, 0.2) is 0 Å². The smallest absolute Gasteiger partial charge is 0.323 e. The van der Waals surface area contributed by atoms with E-state index in [0.717, 1.165) is 19.4 Å². The first-order chi connectivity index (χ1) is 8.93. The van der Waals surface area contributed by atoms with Gasteiger partial charge in [-0.15, -0.1) is 0 Å². The second-order valence-electron chi connectivity index (χ2n) is 6.22. The minimum Gasteiger partial charge on any atom is -0.465 e. The fourth-order valence-corrected chi connectivity index (χ4v) is 2.89. The molecule has 3 nitrogen and oxygen atoms in total. The van der Waals surface area contributed by atoms with Gasteiger partial charge in [0.25, 0.3) is 0 Å². The zero-order valence-corrected chi connectivity index (χ0v) is 13.0. The van der Waals surface area contributed by atoms with Crippen molar-refractivity contribution in [3.05, 3.63) is 11.6 Å². The second-order valence-corrected chi connectivity index (χ2v) is 6.22. The van der Waals surface area contributed by atoms with Gasteiger partial charge in [0.1, 0.15) is 6.04 Å². The maximum Gasteiger partial charge on any atom is 0.323 e.